The van der Waals surface area contributed by atoms with Crippen LogP contribution in [0.4, 0.5) is 8.78 Å². The highest BCUT2D eigenvalue weighted by Crippen LogP contribution is 2.31. The first kappa shape index (κ1) is 17.9. The van der Waals surface area contributed by atoms with Crippen LogP contribution in [0, 0.1) is 5.82 Å². The maximum atomic E-state index is 14.0. The molecule has 2 unspecified atom stereocenters. The van der Waals surface area contributed by atoms with E-state index in [1.807, 2.05) is 0 Å². The van der Waals surface area contributed by atoms with Gasteiger partial charge in [0.1, 0.15) is 22.8 Å². The van der Waals surface area contributed by atoms with Gasteiger partial charge in [0.05, 0.1) is 6.42 Å². The third-order valence-electron chi connectivity index (χ3n) is 2.91. The highest BCUT2D eigenvalue weighted by atomic mass is 32.2. The molecular formula is C14H19F2NO3S. The van der Waals surface area contributed by atoms with Crippen molar-refractivity contribution in [3.63, 3.8) is 0 Å². The maximum absolute atomic E-state index is 14.0. The average Bonchev–Trinajstić information content (AvgIpc) is 2.36. The van der Waals surface area contributed by atoms with Gasteiger partial charge in [-0.1, -0.05) is 18.2 Å². The molecule has 21 heavy (non-hydrogen) atoms. The van der Waals surface area contributed by atoms with Crippen LogP contribution in [-0.2, 0) is 21.7 Å². The summed E-state index contributed by atoms with van der Waals surface area (Å²) in [6.45, 7) is 3.77. The molecule has 0 aliphatic carbocycles. The van der Waals surface area contributed by atoms with Crippen LogP contribution in [0.3, 0.4) is 0 Å². The molecule has 0 fully saturated rings. The minimum Gasteiger partial charge on any atom is -0.598 e. The molecule has 2 atom stereocenters. The van der Waals surface area contributed by atoms with Gasteiger partial charge in [0.25, 0.3) is 0 Å². The second-order valence-corrected chi connectivity index (χ2v) is 7.72. The molecule has 0 spiro atoms. The van der Waals surface area contributed by atoms with E-state index in [2.05, 4.69) is 4.72 Å². The van der Waals surface area contributed by atoms with E-state index in [4.69, 9.17) is 5.11 Å². The number of hydrogen-bond donors (Lipinski definition) is 2. The zero-order chi connectivity index (χ0) is 16.3. The van der Waals surface area contributed by atoms with Gasteiger partial charge in [0, 0.05) is 16.9 Å². The van der Waals surface area contributed by atoms with Crippen LogP contribution in [-0.4, -0.2) is 27.1 Å². The zero-order valence-electron chi connectivity index (χ0n) is 12.2. The Balaban J connectivity index is 3.29. The van der Waals surface area contributed by atoms with E-state index in [1.54, 1.807) is 20.8 Å². The zero-order valence-corrected chi connectivity index (χ0v) is 13.0. The van der Waals surface area contributed by atoms with Crippen molar-refractivity contribution in [2.45, 2.75) is 37.5 Å². The fourth-order valence-electron chi connectivity index (χ4n) is 1.77. The Kier molecular flexibility index (Phi) is 5.72. The van der Waals surface area contributed by atoms with E-state index in [0.29, 0.717) is 0 Å². The van der Waals surface area contributed by atoms with Gasteiger partial charge in [0.15, 0.2) is 0 Å². The van der Waals surface area contributed by atoms with Crippen molar-refractivity contribution in [2.75, 3.05) is 6.67 Å². The molecule has 7 heteroatoms. The molecule has 0 aliphatic rings. The van der Waals surface area contributed by atoms with Gasteiger partial charge in [-0.2, -0.15) is 0 Å². The number of benzene rings is 1. The summed E-state index contributed by atoms with van der Waals surface area (Å²) in [4.78, 5) is 11.1. The Morgan fingerprint density at radius 3 is 2.38 bits per heavy atom. The summed E-state index contributed by atoms with van der Waals surface area (Å²) in [6, 6.07) is 5.31. The van der Waals surface area contributed by atoms with Crippen molar-refractivity contribution in [1.82, 2.24) is 4.72 Å². The van der Waals surface area contributed by atoms with Crippen LogP contribution in [0.1, 0.15) is 32.8 Å². The van der Waals surface area contributed by atoms with Crippen LogP contribution >= 0.6 is 0 Å². The Hall–Kier alpha value is -1.18. The van der Waals surface area contributed by atoms with Gasteiger partial charge < -0.3 is 9.66 Å². The van der Waals surface area contributed by atoms with Crippen molar-refractivity contribution >= 4 is 17.3 Å². The standard InChI is InChI=1S/C14H19F2NO3S/c1-13(2,3)21(20)17-14(9-15,8-12(18)19)10-6-4-5-7-11(10)16/h4-7,17H,8-9H2,1-3H3,(H,18,19). The second kappa shape index (κ2) is 6.72. The molecule has 4 nitrogen and oxygen atoms in total. The van der Waals surface area contributed by atoms with E-state index < -0.39 is 46.5 Å². The molecule has 0 saturated carbocycles. The van der Waals surface area contributed by atoms with Gasteiger partial charge >= 0.3 is 5.97 Å². The number of hydrogen-bond acceptors (Lipinski definition) is 3. The van der Waals surface area contributed by atoms with E-state index in [1.165, 1.54) is 18.2 Å². The third kappa shape index (κ3) is 4.39. The quantitative estimate of drug-likeness (QED) is 0.790. The predicted octanol–water partition coefficient (Wildman–Crippen LogP) is 2.52. The number of carbonyl (C=O) groups is 1. The Bertz CT molecular complexity index is 507. The number of nitrogens with one attached hydrogen (secondary N) is 1. The fourth-order valence-corrected chi connectivity index (χ4v) is 2.67. The minimum atomic E-state index is -1.87. The molecule has 2 N–H and O–H groups in total. The number of aliphatic carboxylic acids is 1. The number of rotatable bonds is 6. The van der Waals surface area contributed by atoms with Gasteiger partial charge in [-0.25, -0.2) is 8.78 Å². The van der Waals surface area contributed by atoms with Crippen molar-refractivity contribution in [1.29, 1.82) is 0 Å². The molecule has 0 radical (unpaired) electrons. The molecule has 0 heterocycles. The summed E-state index contributed by atoms with van der Waals surface area (Å²) in [5.41, 5.74) is -2.01. The summed E-state index contributed by atoms with van der Waals surface area (Å²) >= 11 is -1.75. The molecule has 0 aliphatic heterocycles. The van der Waals surface area contributed by atoms with E-state index in [-0.39, 0.29) is 5.56 Å². The molecule has 118 valence electrons. The number of carboxylic acid groups (broad SMARTS) is 1. The molecule has 0 amide bonds. The van der Waals surface area contributed by atoms with Gasteiger partial charge in [-0.05, 0) is 26.8 Å². The van der Waals surface area contributed by atoms with Crippen LogP contribution in [0.15, 0.2) is 24.3 Å². The normalized spacial score (nSPS) is 16.3. The lowest BCUT2D eigenvalue weighted by molar-refractivity contribution is -0.138. The van der Waals surface area contributed by atoms with Gasteiger partial charge in [0.2, 0.25) is 0 Å². The SMILES string of the molecule is CC(C)(C)[S+]([O-])NC(CF)(CC(=O)O)c1ccccc1F. The first-order valence-electron chi connectivity index (χ1n) is 6.35. The lowest BCUT2D eigenvalue weighted by Crippen LogP contribution is -2.54. The number of carboxylic acids is 1. The van der Waals surface area contributed by atoms with Crippen molar-refractivity contribution in [3.8, 4) is 0 Å². The van der Waals surface area contributed by atoms with Crippen LogP contribution < -0.4 is 4.72 Å². The fraction of sp³-hybridized carbons (Fsp3) is 0.500. The summed E-state index contributed by atoms with van der Waals surface area (Å²) in [7, 11) is 0. The molecule has 0 bridgehead atoms. The minimum absolute atomic E-state index is 0.146. The average molecular weight is 319 g/mol. The Morgan fingerprint density at radius 1 is 1.38 bits per heavy atom. The molecule has 0 saturated heterocycles. The topological polar surface area (TPSA) is 72.4 Å². The number of halogens is 2. The van der Waals surface area contributed by atoms with Crippen molar-refractivity contribution < 1.29 is 23.2 Å². The maximum Gasteiger partial charge on any atom is 0.305 e. The number of alkyl halides is 1. The summed E-state index contributed by atoms with van der Waals surface area (Å²) in [5, 5.41) is 9.02. The summed E-state index contributed by atoms with van der Waals surface area (Å²) in [6.07, 6.45) is -0.716. The van der Waals surface area contributed by atoms with Gasteiger partial charge in [-0.15, -0.1) is 4.72 Å². The molecule has 1 aromatic rings. The summed E-state index contributed by atoms with van der Waals surface area (Å²) in [5.74, 6) is -2.05. The Morgan fingerprint density at radius 2 is 1.95 bits per heavy atom. The van der Waals surface area contributed by atoms with E-state index >= 15 is 0 Å². The highest BCUT2D eigenvalue weighted by Gasteiger charge is 2.44. The van der Waals surface area contributed by atoms with Crippen LogP contribution in [0.25, 0.3) is 0 Å². The lowest BCUT2D eigenvalue weighted by Gasteiger charge is -2.35. The molecule has 1 aromatic carbocycles. The smallest absolute Gasteiger partial charge is 0.305 e. The van der Waals surface area contributed by atoms with Gasteiger partial charge in [-0.3, -0.25) is 4.79 Å². The van der Waals surface area contributed by atoms with Crippen LogP contribution in [0.2, 0.25) is 0 Å². The molecule has 0 aromatic heterocycles. The lowest BCUT2D eigenvalue weighted by atomic mass is 9.88. The third-order valence-corrected chi connectivity index (χ3v) is 4.60. The highest BCUT2D eigenvalue weighted by molar-refractivity contribution is 7.90. The summed E-state index contributed by atoms with van der Waals surface area (Å²) < 4.78 is 41.6. The van der Waals surface area contributed by atoms with Crippen molar-refractivity contribution in [3.05, 3.63) is 35.6 Å². The van der Waals surface area contributed by atoms with E-state index in [0.717, 1.165) is 6.07 Å². The predicted molar refractivity (Wildman–Crippen MR) is 77.3 cm³/mol. The largest absolute Gasteiger partial charge is 0.598 e. The first-order chi connectivity index (χ1) is 9.62. The first-order valence-corrected chi connectivity index (χ1v) is 7.50. The van der Waals surface area contributed by atoms with Crippen LogP contribution in [0.5, 0.6) is 0 Å². The Labute approximate surface area is 125 Å². The second-order valence-electron chi connectivity index (χ2n) is 5.75. The van der Waals surface area contributed by atoms with Crippen molar-refractivity contribution in [2.24, 2.45) is 0 Å². The molecule has 1 rings (SSSR count). The van der Waals surface area contributed by atoms with E-state index in [9.17, 15) is 18.1 Å². The monoisotopic (exact) mass is 319 g/mol. The molecular weight excluding hydrogens is 300 g/mol.